The highest BCUT2D eigenvalue weighted by molar-refractivity contribution is 5.78. The van der Waals surface area contributed by atoms with Gasteiger partial charge in [-0.1, -0.05) is 41.5 Å². The van der Waals surface area contributed by atoms with Crippen molar-refractivity contribution in [2.24, 2.45) is 39.9 Å². The van der Waals surface area contributed by atoms with Crippen LogP contribution in [0.25, 0.3) is 0 Å². The lowest BCUT2D eigenvalue weighted by atomic mass is 9.61. The predicted molar refractivity (Wildman–Crippen MR) is 98.6 cm³/mol. The number of ether oxygens (including phenoxy) is 1. The van der Waals surface area contributed by atoms with E-state index in [9.17, 15) is 4.79 Å². The molecular weight excluding hydrogens is 296 g/mol. The molecule has 24 heavy (non-hydrogen) atoms. The van der Waals surface area contributed by atoms with Crippen LogP contribution in [0.15, 0.2) is 0 Å². The molecule has 138 valence electrons. The SMILES string of the molecule is CC(C)(C)CC(C)(C(=O)OC1(C)C2CC3CC(C2)C1C3)C(C)(C)C. The summed E-state index contributed by atoms with van der Waals surface area (Å²) in [6, 6.07) is 0. The topological polar surface area (TPSA) is 26.3 Å². The van der Waals surface area contributed by atoms with Crippen LogP contribution >= 0.6 is 0 Å². The van der Waals surface area contributed by atoms with Gasteiger partial charge >= 0.3 is 5.97 Å². The van der Waals surface area contributed by atoms with E-state index < -0.39 is 5.41 Å². The van der Waals surface area contributed by atoms with Crippen molar-refractivity contribution in [2.75, 3.05) is 0 Å². The van der Waals surface area contributed by atoms with Crippen molar-refractivity contribution in [3.8, 4) is 0 Å². The smallest absolute Gasteiger partial charge is 0.312 e. The van der Waals surface area contributed by atoms with E-state index in [1.165, 1.54) is 25.7 Å². The Morgan fingerprint density at radius 1 is 1.00 bits per heavy atom. The number of hydrogen-bond donors (Lipinski definition) is 0. The van der Waals surface area contributed by atoms with E-state index in [0.717, 1.165) is 18.3 Å². The Kier molecular flexibility index (Phi) is 3.99. The van der Waals surface area contributed by atoms with E-state index in [0.29, 0.717) is 11.8 Å². The second kappa shape index (κ2) is 5.24. The predicted octanol–water partition coefficient (Wildman–Crippen LogP) is 5.84. The van der Waals surface area contributed by atoms with Crippen molar-refractivity contribution < 1.29 is 9.53 Å². The number of carbonyl (C=O) groups excluding carboxylic acids is 1. The normalized spacial score (nSPS) is 40.7. The molecule has 0 aliphatic heterocycles. The lowest BCUT2D eigenvalue weighted by molar-refractivity contribution is -0.191. The Labute approximate surface area is 149 Å². The summed E-state index contributed by atoms with van der Waals surface area (Å²) in [6.07, 6.45) is 6.10. The minimum Gasteiger partial charge on any atom is -0.458 e. The third-order valence-electron chi connectivity index (χ3n) is 7.85. The van der Waals surface area contributed by atoms with Crippen molar-refractivity contribution >= 4 is 5.97 Å². The lowest BCUT2D eigenvalue weighted by Gasteiger charge is -2.48. The minimum absolute atomic E-state index is 0.0448. The van der Waals surface area contributed by atoms with Gasteiger partial charge in [-0.05, 0) is 74.5 Å². The molecule has 0 saturated heterocycles. The highest BCUT2D eigenvalue weighted by Gasteiger charge is 2.63. The maximum absolute atomic E-state index is 13.5. The molecule has 6 unspecified atom stereocenters. The Morgan fingerprint density at radius 3 is 2.12 bits per heavy atom. The van der Waals surface area contributed by atoms with Gasteiger partial charge in [-0.25, -0.2) is 0 Å². The Hall–Kier alpha value is -0.530. The zero-order valence-electron chi connectivity index (χ0n) is 17.2. The van der Waals surface area contributed by atoms with E-state index in [-0.39, 0.29) is 22.4 Å². The molecule has 0 heterocycles. The first-order valence-corrected chi connectivity index (χ1v) is 10.00. The van der Waals surface area contributed by atoms with Gasteiger partial charge in [0.15, 0.2) is 0 Å². The van der Waals surface area contributed by atoms with E-state index in [4.69, 9.17) is 4.74 Å². The van der Waals surface area contributed by atoms with E-state index in [2.05, 4.69) is 55.4 Å². The first-order chi connectivity index (χ1) is 10.8. The third-order valence-corrected chi connectivity index (χ3v) is 7.85. The van der Waals surface area contributed by atoms with Crippen LogP contribution in [0.5, 0.6) is 0 Å². The molecule has 0 aromatic heterocycles. The Morgan fingerprint density at radius 2 is 1.62 bits per heavy atom. The molecule has 2 heteroatoms. The molecule has 0 aromatic rings. The number of esters is 1. The van der Waals surface area contributed by atoms with Gasteiger partial charge in [0, 0.05) is 5.92 Å². The van der Waals surface area contributed by atoms with Crippen LogP contribution in [0, 0.1) is 39.9 Å². The van der Waals surface area contributed by atoms with Crippen LogP contribution in [0.3, 0.4) is 0 Å². The second-order valence-electron chi connectivity index (χ2n) is 11.8. The molecule has 0 amide bonds. The van der Waals surface area contributed by atoms with Crippen molar-refractivity contribution in [1.82, 2.24) is 0 Å². The molecule has 0 N–H and O–H groups in total. The van der Waals surface area contributed by atoms with Gasteiger partial charge in [-0.3, -0.25) is 4.79 Å². The van der Waals surface area contributed by atoms with Crippen molar-refractivity contribution in [3.05, 3.63) is 0 Å². The molecule has 0 radical (unpaired) electrons. The molecule has 4 aliphatic rings. The summed E-state index contributed by atoms with van der Waals surface area (Å²) in [5.41, 5.74) is -0.661. The van der Waals surface area contributed by atoms with Crippen LogP contribution in [-0.4, -0.2) is 11.6 Å². The highest BCUT2D eigenvalue weighted by atomic mass is 16.6. The Balaban J connectivity index is 1.84. The largest absolute Gasteiger partial charge is 0.458 e. The van der Waals surface area contributed by atoms with E-state index >= 15 is 0 Å². The van der Waals surface area contributed by atoms with Gasteiger partial charge in [0.05, 0.1) is 5.41 Å². The summed E-state index contributed by atoms with van der Waals surface area (Å²) in [7, 11) is 0. The van der Waals surface area contributed by atoms with Gasteiger partial charge in [0.25, 0.3) is 0 Å². The zero-order valence-corrected chi connectivity index (χ0v) is 17.2. The fraction of sp³-hybridized carbons (Fsp3) is 0.955. The lowest BCUT2D eigenvalue weighted by Crippen LogP contribution is -2.51. The quantitative estimate of drug-likeness (QED) is 0.606. The first kappa shape index (κ1) is 18.3. The fourth-order valence-electron chi connectivity index (χ4n) is 6.21. The molecular formula is C22H38O2. The zero-order chi connectivity index (χ0) is 18.1. The van der Waals surface area contributed by atoms with Gasteiger partial charge < -0.3 is 4.74 Å². The van der Waals surface area contributed by atoms with Crippen LogP contribution in [0.2, 0.25) is 0 Å². The third kappa shape index (κ3) is 2.72. The van der Waals surface area contributed by atoms with Crippen molar-refractivity contribution in [1.29, 1.82) is 0 Å². The molecule has 2 nitrogen and oxygen atoms in total. The molecule has 4 saturated carbocycles. The summed E-state index contributed by atoms with van der Waals surface area (Å²) in [4.78, 5) is 13.5. The molecule has 0 spiro atoms. The van der Waals surface area contributed by atoms with Crippen LogP contribution in [-0.2, 0) is 9.53 Å². The first-order valence-electron chi connectivity index (χ1n) is 10.00. The average Bonchev–Trinajstić information content (AvgIpc) is 2.77. The average molecular weight is 335 g/mol. The minimum atomic E-state index is -0.450. The Bertz CT molecular complexity index is 519. The van der Waals surface area contributed by atoms with Crippen molar-refractivity contribution in [2.45, 2.75) is 93.1 Å². The van der Waals surface area contributed by atoms with Gasteiger partial charge in [-0.2, -0.15) is 0 Å². The molecule has 4 bridgehead atoms. The maximum atomic E-state index is 13.5. The second-order valence-corrected chi connectivity index (χ2v) is 11.8. The summed E-state index contributed by atoms with van der Waals surface area (Å²) < 4.78 is 6.46. The molecule has 0 aromatic carbocycles. The molecule has 4 rings (SSSR count). The molecule has 4 fully saturated rings. The van der Waals surface area contributed by atoms with Crippen LogP contribution < -0.4 is 0 Å². The van der Waals surface area contributed by atoms with E-state index in [1.807, 2.05) is 0 Å². The van der Waals surface area contributed by atoms with E-state index in [1.54, 1.807) is 0 Å². The summed E-state index contributed by atoms with van der Waals surface area (Å²) >= 11 is 0. The fourth-order valence-corrected chi connectivity index (χ4v) is 6.21. The summed E-state index contributed by atoms with van der Waals surface area (Å²) in [6.45, 7) is 17.6. The van der Waals surface area contributed by atoms with Gasteiger partial charge in [0.1, 0.15) is 5.60 Å². The summed E-state index contributed by atoms with van der Waals surface area (Å²) in [5, 5.41) is 0. The highest BCUT2D eigenvalue weighted by Crippen LogP contribution is 2.64. The van der Waals surface area contributed by atoms with Crippen molar-refractivity contribution in [3.63, 3.8) is 0 Å². The van der Waals surface area contributed by atoms with Crippen LogP contribution in [0.4, 0.5) is 0 Å². The van der Waals surface area contributed by atoms with Gasteiger partial charge in [-0.15, -0.1) is 0 Å². The number of carbonyl (C=O) groups is 1. The number of rotatable bonds is 3. The molecule has 6 atom stereocenters. The maximum Gasteiger partial charge on any atom is 0.312 e. The number of hydrogen-bond acceptors (Lipinski definition) is 2. The standard InChI is InChI=1S/C22H38O2/c1-19(2,3)13-21(7,20(4,5)6)18(23)24-22(8)16-10-14-9-15(12-16)17(22)11-14/h14-17H,9-13H2,1-8H3. The summed E-state index contributed by atoms with van der Waals surface area (Å²) in [5.74, 6) is 2.99. The molecule has 4 aliphatic carbocycles. The monoisotopic (exact) mass is 334 g/mol. The van der Waals surface area contributed by atoms with Crippen LogP contribution in [0.1, 0.15) is 87.5 Å². The van der Waals surface area contributed by atoms with Gasteiger partial charge in [0.2, 0.25) is 0 Å².